The van der Waals surface area contributed by atoms with Gasteiger partial charge in [0.25, 0.3) is 0 Å². The number of thiophene rings is 1. The number of hydrogen-bond donors (Lipinski definition) is 1. The minimum absolute atomic E-state index is 0.143. The van der Waals surface area contributed by atoms with Crippen LogP contribution in [0.1, 0.15) is 38.8 Å². The average molecular weight is 367 g/mol. The lowest BCUT2D eigenvalue weighted by Gasteiger charge is -2.11. The standard InChI is InChI=1S/C16H15ClN2O4S/c1-9(23-16(22)11-3-6-14(17)19-7-11)15(21)13-5-4-12(24-13)8-18-10(2)20/h3-7,9H,8H2,1-2H3,(H,18,20). The number of carbonyl (C=O) groups excluding carboxylic acids is 3. The van der Waals surface area contributed by atoms with Crippen LogP contribution in [0.4, 0.5) is 0 Å². The van der Waals surface area contributed by atoms with Gasteiger partial charge in [0.2, 0.25) is 11.7 Å². The van der Waals surface area contributed by atoms with Gasteiger partial charge in [-0.15, -0.1) is 11.3 Å². The molecular weight excluding hydrogens is 352 g/mol. The van der Waals surface area contributed by atoms with E-state index in [-0.39, 0.29) is 22.4 Å². The normalized spacial score (nSPS) is 11.6. The number of hydrogen-bond acceptors (Lipinski definition) is 6. The first-order chi connectivity index (χ1) is 11.4. The number of nitrogens with zero attached hydrogens (tertiary/aromatic N) is 1. The van der Waals surface area contributed by atoms with E-state index >= 15 is 0 Å². The maximum Gasteiger partial charge on any atom is 0.340 e. The van der Waals surface area contributed by atoms with Crippen molar-refractivity contribution in [2.24, 2.45) is 0 Å². The van der Waals surface area contributed by atoms with Crippen LogP contribution in [0.2, 0.25) is 5.15 Å². The van der Waals surface area contributed by atoms with E-state index in [2.05, 4.69) is 10.3 Å². The summed E-state index contributed by atoms with van der Waals surface area (Å²) in [6, 6.07) is 6.35. The molecule has 2 rings (SSSR count). The number of esters is 1. The summed E-state index contributed by atoms with van der Waals surface area (Å²) in [5, 5.41) is 2.92. The van der Waals surface area contributed by atoms with E-state index in [1.165, 1.54) is 43.5 Å². The average Bonchev–Trinajstić information content (AvgIpc) is 3.01. The van der Waals surface area contributed by atoms with Crippen molar-refractivity contribution in [2.45, 2.75) is 26.5 Å². The summed E-state index contributed by atoms with van der Waals surface area (Å²) in [5.41, 5.74) is 0.219. The van der Waals surface area contributed by atoms with Gasteiger partial charge >= 0.3 is 5.97 Å². The fraction of sp³-hybridized carbons (Fsp3) is 0.250. The number of amides is 1. The Kier molecular flexibility index (Phi) is 6.05. The first-order valence-electron chi connectivity index (χ1n) is 7.06. The van der Waals surface area contributed by atoms with Gasteiger partial charge in [-0.1, -0.05) is 11.6 Å². The third kappa shape index (κ3) is 4.87. The number of ketones is 1. The monoisotopic (exact) mass is 366 g/mol. The molecule has 6 nitrogen and oxygen atoms in total. The molecule has 2 aromatic rings. The fourth-order valence-electron chi connectivity index (χ4n) is 1.80. The van der Waals surface area contributed by atoms with Crippen molar-refractivity contribution in [3.63, 3.8) is 0 Å². The van der Waals surface area contributed by atoms with E-state index < -0.39 is 12.1 Å². The molecular formula is C16H15ClN2O4S. The predicted octanol–water partition coefficient (Wildman–Crippen LogP) is 2.86. The van der Waals surface area contributed by atoms with E-state index in [9.17, 15) is 14.4 Å². The number of Topliss-reactive ketones (excluding diaryl/α,β-unsaturated/α-hetero) is 1. The van der Waals surface area contributed by atoms with Crippen LogP contribution < -0.4 is 5.32 Å². The van der Waals surface area contributed by atoms with Crippen LogP contribution >= 0.6 is 22.9 Å². The highest BCUT2D eigenvalue weighted by Gasteiger charge is 2.22. The van der Waals surface area contributed by atoms with E-state index in [1.54, 1.807) is 12.1 Å². The maximum atomic E-state index is 12.3. The Morgan fingerprint density at radius 2 is 2.04 bits per heavy atom. The molecule has 1 atom stereocenters. The fourth-order valence-corrected chi connectivity index (χ4v) is 2.87. The molecule has 2 heterocycles. The van der Waals surface area contributed by atoms with E-state index in [1.807, 2.05) is 0 Å². The van der Waals surface area contributed by atoms with Gasteiger partial charge in [-0.2, -0.15) is 0 Å². The number of halogens is 1. The first-order valence-corrected chi connectivity index (χ1v) is 8.26. The SMILES string of the molecule is CC(=O)NCc1ccc(C(=O)C(C)OC(=O)c2ccc(Cl)nc2)s1. The van der Waals surface area contributed by atoms with Crippen molar-refractivity contribution in [1.29, 1.82) is 0 Å². The van der Waals surface area contributed by atoms with Gasteiger partial charge in [0, 0.05) is 18.0 Å². The van der Waals surface area contributed by atoms with E-state index in [4.69, 9.17) is 16.3 Å². The molecule has 0 aliphatic carbocycles. The Morgan fingerprint density at radius 3 is 2.67 bits per heavy atom. The Morgan fingerprint density at radius 1 is 1.29 bits per heavy atom. The summed E-state index contributed by atoms with van der Waals surface area (Å²) < 4.78 is 5.17. The minimum Gasteiger partial charge on any atom is -0.451 e. The Bertz CT molecular complexity index is 758. The molecule has 126 valence electrons. The molecule has 0 radical (unpaired) electrons. The molecule has 1 amide bonds. The van der Waals surface area contributed by atoms with E-state index in [0.29, 0.717) is 11.4 Å². The molecule has 0 aromatic carbocycles. The number of carbonyl (C=O) groups is 3. The van der Waals surface area contributed by atoms with Crippen molar-refractivity contribution in [1.82, 2.24) is 10.3 Å². The summed E-state index contributed by atoms with van der Waals surface area (Å²) >= 11 is 6.91. The molecule has 0 bridgehead atoms. The molecule has 0 saturated heterocycles. The topological polar surface area (TPSA) is 85.4 Å². The van der Waals surface area contributed by atoms with Crippen molar-refractivity contribution in [2.75, 3.05) is 0 Å². The van der Waals surface area contributed by atoms with Gasteiger partial charge < -0.3 is 10.1 Å². The second-order valence-electron chi connectivity index (χ2n) is 4.96. The predicted molar refractivity (Wildman–Crippen MR) is 90.3 cm³/mol. The Labute approximate surface area is 147 Å². The van der Waals surface area contributed by atoms with E-state index in [0.717, 1.165) is 4.88 Å². The largest absolute Gasteiger partial charge is 0.451 e. The molecule has 0 saturated carbocycles. The Balaban J connectivity index is 1.97. The van der Waals surface area contributed by atoms with Gasteiger partial charge in [-0.05, 0) is 31.2 Å². The molecule has 0 aliphatic rings. The smallest absolute Gasteiger partial charge is 0.340 e. The molecule has 1 N–H and O–H groups in total. The number of pyridine rings is 1. The highest BCUT2D eigenvalue weighted by Crippen LogP contribution is 2.19. The second kappa shape index (κ2) is 8.03. The summed E-state index contributed by atoms with van der Waals surface area (Å²) in [6.07, 6.45) is 0.360. The summed E-state index contributed by atoms with van der Waals surface area (Å²) in [6.45, 7) is 3.29. The molecule has 1 unspecified atom stereocenters. The first kappa shape index (κ1) is 18.1. The van der Waals surface area contributed by atoms with Crippen LogP contribution in [-0.4, -0.2) is 28.7 Å². The molecule has 8 heteroatoms. The van der Waals surface area contributed by atoms with Gasteiger partial charge in [0.1, 0.15) is 5.15 Å². The van der Waals surface area contributed by atoms with Crippen LogP contribution in [0.5, 0.6) is 0 Å². The third-order valence-electron chi connectivity index (χ3n) is 3.03. The molecule has 0 fully saturated rings. The zero-order chi connectivity index (χ0) is 17.7. The van der Waals surface area contributed by atoms with Crippen LogP contribution in [-0.2, 0) is 16.1 Å². The van der Waals surface area contributed by atoms with Crippen molar-refractivity contribution in [3.8, 4) is 0 Å². The lowest BCUT2D eigenvalue weighted by Crippen LogP contribution is -2.23. The van der Waals surface area contributed by atoms with Crippen LogP contribution in [0.25, 0.3) is 0 Å². The van der Waals surface area contributed by atoms with Crippen molar-refractivity contribution >= 4 is 40.6 Å². The lowest BCUT2D eigenvalue weighted by atomic mass is 10.2. The lowest BCUT2D eigenvalue weighted by molar-refractivity contribution is -0.119. The third-order valence-corrected chi connectivity index (χ3v) is 4.36. The number of ether oxygens (including phenoxy) is 1. The summed E-state index contributed by atoms with van der Waals surface area (Å²) in [4.78, 5) is 40.3. The van der Waals surface area contributed by atoms with Crippen molar-refractivity contribution in [3.05, 3.63) is 50.9 Å². The summed E-state index contributed by atoms with van der Waals surface area (Å²) in [7, 11) is 0. The molecule has 0 aliphatic heterocycles. The zero-order valence-electron chi connectivity index (χ0n) is 13.0. The quantitative estimate of drug-likeness (QED) is 0.482. The zero-order valence-corrected chi connectivity index (χ0v) is 14.6. The highest BCUT2D eigenvalue weighted by atomic mass is 35.5. The highest BCUT2D eigenvalue weighted by molar-refractivity contribution is 7.14. The Hall–Kier alpha value is -2.25. The van der Waals surface area contributed by atoms with Crippen LogP contribution in [0.15, 0.2) is 30.5 Å². The second-order valence-corrected chi connectivity index (χ2v) is 6.51. The van der Waals surface area contributed by atoms with Gasteiger partial charge in [0.15, 0.2) is 6.10 Å². The minimum atomic E-state index is -0.930. The van der Waals surface area contributed by atoms with Crippen molar-refractivity contribution < 1.29 is 19.1 Å². The van der Waals surface area contributed by atoms with Gasteiger partial charge in [-0.3, -0.25) is 9.59 Å². The number of nitrogens with one attached hydrogen (secondary N) is 1. The number of rotatable bonds is 6. The van der Waals surface area contributed by atoms with Crippen LogP contribution in [0.3, 0.4) is 0 Å². The van der Waals surface area contributed by atoms with Crippen LogP contribution in [0, 0.1) is 0 Å². The maximum absolute atomic E-state index is 12.3. The van der Waals surface area contributed by atoms with Gasteiger partial charge in [-0.25, -0.2) is 9.78 Å². The number of aromatic nitrogens is 1. The molecule has 2 aromatic heterocycles. The molecule has 0 spiro atoms. The van der Waals surface area contributed by atoms with Gasteiger partial charge in [0.05, 0.1) is 17.0 Å². The summed E-state index contributed by atoms with van der Waals surface area (Å²) in [5.74, 6) is -1.09. The molecule has 24 heavy (non-hydrogen) atoms.